The van der Waals surface area contributed by atoms with Gasteiger partial charge in [0, 0.05) is 12.6 Å². The van der Waals surface area contributed by atoms with E-state index in [1.165, 1.54) is 0 Å². The molecule has 0 bridgehead atoms. The molecule has 4 nitrogen and oxygen atoms in total. The van der Waals surface area contributed by atoms with Gasteiger partial charge in [0.1, 0.15) is 0 Å². The van der Waals surface area contributed by atoms with E-state index in [9.17, 15) is 21.6 Å². The Morgan fingerprint density at radius 1 is 1.19 bits per heavy atom. The van der Waals surface area contributed by atoms with Crippen molar-refractivity contribution in [3.05, 3.63) is 29.8 Å². The molecule has 0 aromatic heterocycles. The lowest BCUT2D eigenvalue weighted by molar-refractivity contribution is -0.137. The zero-order chi connectivity index (χ0) is 14.8. The zero-order valence-electron chi connectivity index (χ0n) is 11.0. The minimum absolute atomic E-state index is 0. The van der Waals surface area contributed by atoms with Gasteiger partial charge in [0.2, 0.25) is 10.0 Å². The smallest absolute Gasteiger partial charge is 0.315 e. The molecule has 0 spiro atoms. The van der Waals surface area contributed by atoms with E-state index in [1.807, 2.05) is 0 Å². The largest absolute Gasteiger partial charge is 0.416 e. The average molecular weight is 345 g/mol. The van der Waals surface area contributed by atoms with Crippen molar-refractivity contribution in [2.75, 3.05) is 13.1 Å². The molecule has 1 aromatic rings. The zero-order valence-corrected chi connectivity index (χ0v) is 12.6. The maximum Gasteiger partial charge on any atom is 0.416 e. The maximum atomic E-state index is 12.4. The molecule has 9 heteroatoms. The molecule has 1 aromatic carbocycles. The third-order valence-electron chi connectivity index (χ3n) is 3.11. The van der Waals surface area contributed by atoms with Crippen molar-refractivity contribution in [2.45, 2.75) is 30.0 Å². The number of benzene rings is 1. The Balaban J connectivity index is 0.00000220. The summed E-state index contributed by atoms with van der Waals surface area (Å²) in [5, 5.41) is 3.06. The van der Waals surface area contributed by atoms with Crippen LogP contribution in [0.2, 0.25) is 0 Å². The highest BCUT2D eigenvalue weighted by molar-refractivity contribution is 7.89. The predicted molar refractivity (Wildman–Crippen MR) is 74.9 cm³/mol. The minimum atomic E-state index is -4.47. The van der Waals surface area contributed by atoms with Gasteiger partial charge in [-0.05, 0) is 43.7 Å². The lowest BCUT2D eigenvalue weighted by Crippen LogP contribution is -2.45. The van der Waals surface area contributed by atoms with Crippen LogP contribution in [0.5, 0.6) is 0 Å². The van der Waals surface area contributed by atoms with Crippen LogP contribution in [0.15, 0.2) is 29.2 Å². The normalized spacial score (nSPS) is 19.9. The van der Waals surface area contributed by atoms with Crippen molar-refractivity contribution >= 4 is 22.4 Å². The third-order valence-corrected chi connectivity index (χ3v) is 4.65. The molecule has 1 aliphatic heterocycles. The summed E-state index contributed by atoms with van der Waals surface area (Å²) in [4.78, 5) is -0.156. The van der Waals surface area contributed by atoms with Crippen LogP contribution in [0, 0.1) is 0 Å². The quantitative estimate of drug-likeness (QED) is 0.883. The first-order valence-corrected chi connectivity index (χ1v) is 7.68. The number of piperidine rings is 1. The average Bonchev–Trinajstić information content (AvgIpc) is 2.38. The van der Waals surface area contributed by atoms with Crippen molar-refractivity contribution in [1.82, 2.24) is 10.0 Å². The Hall–Kier alpha value is -0.830. The van der Waals surface area contributed by atoms with Gasteiger partial charge in [-0.1, -0.05) is 0 Å². The molecule has 1 heterocycles. The molecule has 2 rings (SSSR count). The Labute approximate surface area is 127 Å². The van der Waals surface area contributed by atoms with E-state index in [-0.39, 0.29) is 23.3 Å². The number of rotatable bonds is 3. The fourth-order valence-corrected chi connectivity index (χ4v) is 3.33. The van der Waals surface area contributed by atoms with Crippen molar-refractivity contribution in [2.24, 2.45) is 0 Å². The Morgan fingerprint density at radius 3 is 2.29 bits per heavy atom. The molecular formula is C12H16ClF3N2O2S. The van der Waals surface area contributed by atoms with Crippen LogP contribution in [0.4, 0.5) is 13.2 Å². The number of sulfonamides is 1. The molecule has 120 valence electrons. The number of hydrogen-bond donors (Lipinski definition) is 2. The number of hydrogen-bond acceptors (Lipinski definition) is 3. The fourth-order valence-electron chi connectivity index (χ4n) is 2.06. The number of halogens is 4. The second kappa shape index (κ2) is 6.95. The van der Waals surface area contributed by atoms with Gasteiger partial charge >= 0.3 is 6.18 Å². The van der Waals surface area contributed by atoms with E-state index in [2.05, 4.69) is 10.0 Å². The van der Waals surface area contributed by atoms with Crippen molar-refractivity contribution in [1.29, 1.82) is 0 Å². The summed E-state index contributed by atoms with van der Waals surface area (Å²) >= 11 is 0. The highest BCUT2D eigenvalue weighted by atomic mass is 35.5. The molecule has 0 amide bonds. The van der Waals surface area contributed by atoms with Crippen LogP contribution in [-0.4, -0.2) is 27.5 Å². The molecule has 21 heavy (non-hydrogen) atoms. The number of nitrogens with one attached hydrogen (secondary N) is 2. The summed E-state index contributed by atoms with van der Waals surface area (Å²) in [7, 11) is -3.78. The van der Waals surface area contributed by atoms with Gasteiger partial charge in [0.15, 0.2) is 0 Å². The fraction of sp³-hybridized carbons (Fsp3) is 0.500. The monoisotopic (exact) mass is 344 g/mol. The molecule has 0 radical (unpaired) electrons. The summed E-state index contributed by atoms with van der Waals surface area (Å²) in [5.41, 5.74) is -0.865. The second-order valence-corrected chi connectivity index (χ2v) is 6.40. The Kier molecular flexibility index (Phi) is 6.03. The molecule has 1 aliphatic rings. The Bertz CT molecular complexity index is 555. The van der Waals surface area contributed by atoms with Gasteiger partial charge in [0.05, 0.1) is 10.5 Å². The first kappa shape index (κ1) is 18.2. The summed E-state index contributed by atoms with van der Waals surface area (Å²) in [5.74, 6) is 0. The van der Waals surface area contributed by atoms with Crippen LogP contribution >= 0.6 is 12.4 Å². The molecule has 1 atom stereocenters. The van der Waals surface area contributed by atoms with Gasteiger partial charge in [-0.15, -0.1) is 12.4 Å². The molecule has 1 saturated heterocycles. The van der Waals surface area contributed by atoms with E-state index in [4.69, 9.17) is 0 Å². The summed E-state index contributed by atoms with van der Waals surface area (Å²) in [6.45, 7) is 1.37. The summed E-state index contributed by atoms with van der Waals surface area (Å²) in [6, 6.07) is 3.26. The van der Waals surface area contributed by atoms with E-state index in [0.29, 0.717) is 13.0 Å². The van der Waals surface area contributed by atoms with Gasteiger partial charge in [-0.2, -0.15) is 13.2 Å². The Morgan fingerprint density at radius 2 is 1.81 bits per heavy atom. The third kappa shape index (κ3) is 4.84. The lowest BCUT2D eigenvalue weighted by Gasteiger charge is -2.23. The molecule has 0 saturated carbocycles. The molecule has 1 unspecified atom stereocenters. The molecule has 2 N–H and O–H groups in total. The minimum Gasteiger partial charge on any atom is -0.315 e. The van der Waals surface area contributed by atoms with Gasteiger partial charge < -0.3 is 5.32 Å². The van der Waals surface area contributed by atoms with Crippen LogP contribution < -0.4 is 10.0 Å². The highest BCUT2D eigenvalue weighted by Gasteiger charge is 2.31. The van der Waals surface area contributed by atoms with E-state index < -0.39 is 21.8 Å². The van der Waals surface area contributed by atoms with Crippen LogP contribution in [0.3, 0.4) is 0 Å². The van der Waals surface area contributed by atoms with Crippen molar-refractivity contribution < 1.29 is 21.6 Å². The lowest BCUT2D eigenvalue weighted by atomic mass is 10.1. The molecular weight excluding hydrogens is 329 g/mol. The molecule has 1 fully saturated rings. The van der Waals surface area contributed by atoms with Crippen molar-refractivity contribution in [3.8, 4) is 0 Å². The second-order valence-electron chi connectivity index (χ2n) is 4.69. The first-order valence-electron chi connectivity index (χ1n) is 6.19. The van der Waals surface area contributed by atoms with Gasteiger partial charge in [-0.3, -0.25) is 0 Å². The summed E-state index contributed by atoms with van der Waals surface area (Å²) in [6.07, 6.45) is -2.89. The molecule has 0 aliphatic carbocycles. The maximum absolute atomic E-state index is 12.4. The van der Waals surface area contributed by atoms with E-state index in [0.717, 1.165) is 37.2 Å². The van der Waals surface area contributed by atoms with E-state index >= 15 is 0 Å². The number of alkyl halides is 3. The van der Waals surface area contributed by atoms with Crippen LogP contribution in [-0.2, 0) is 16.2 Å². The van der Waals surface area contributed by atoms with Gasteiger partial charge in [-0.25, -0.2) is 13.1 Å². The van der Waals surface area contributed by atoms with Crippen LogP contribution in [0.25, 0.3) is 0 Å². The first-order chi connectivity index (χ1) is 9.29. The van der Waals surface area contributed by atoms with E-state index in [1.54, 1.807) is 0 Å². The topological polar surface area (TPSA) is 58.2 Å². The predicted octanol–water partition coefficient (Wildman–Crippen LogP) is 2.16. The van der Waals surface area contributed by atoms with Crippen molar-refractivity contribution in [3.63, 3.8) is 0 Å². The standard InChI is InChI=1S/C12H15F3N2O2S.ClH/c13-12(14,15)9-3-5-11(6-4-9)20(18,19)17-10-2-1-7-16-8-10;/h3-6,10,16-17H,1-2,7-8H2;1H. The summed E-state index contributed by atoms with van der Waals surface area (Å²) < 4.78 is 63.8. The van der Waals surface area contributed by atoms with Gasteiger partial charge in [0.25, 0.3) is 0 Å². The highest BCUT2D eigenvalue weighted by Crippen LogP contribution is 2.29. The SMILES string of the molecule is Cl.O=S(=O)(NC1CCCNC1)c1ccc(C(F)(F)F)cc1. The van der Waals surface area contributed by atoms with Crippen LogP contribution in [0.1, 0.15) is 18.4 Å².